The molecule has 0 radical (unpaired) electrons. The molecule has 4 unspecified atom stereocenters. The van der Waals surface area contributed by atoms with Crippen LogP contribution in [0, 0.1) is 0 Å². The van der Waals surface area contributed by atoms with Gasteiger partial charge in [0.25, 0.3) is 0 Å². The third-order valence-corrected chi connectivity index (χ3v) is 5.50. The van der Waals surface area contributed by atoms with E-state index < -0.39 is 10.8 Å². The second-order valence-corrected chi connectivity index (χ2v) is 7.37. The van der Waals surface area contributed by atoms with E-state index in [0.29, 0.717) is 6.54 Å². The van der Waals surface area contributed by atoms with E-state index in [2.05, 4.69) is 12.2 Å². The van der Waals surface area contributed by atoms with E-state index in [0.717, 1.165) is 18.4 Å². The van der Waals surface area contributed by atoms with Gasteiger partial charge in [0, 0.05) is 28.9 Å². The first-order valence-electron chi connectivity index (χ1n) is 7.48. The first-order chi connectivity index (χ1) is 10.0. The normalized spacial score (nSPS) is 25.1. The lowest BCUT2D eigenvalue weighted by Gasteiger charge is -2.24. The summed E-state index contributed by atoms with van der Waals surface area (Å²) in [5, 5.41) is 3.53. The number of benzene rings is 1. The summed E-state index contributed by atoms with van der Waals surface area (Å²) < 4.78 is 11.5. The lowest BCUT2D eigenvalue weighted by Crippen LogP contribution is -2.38. The monoisotopic (exact) mass is 308 g/mol. The summed E-state index contributed by atoms with van der Waals surface area (Å²) in [6, 6.07) is 9.58. The number of carbonyl (C=O) groups excluding carboxylic acids is 1. The molecular weight excluding hydrogens is 284 g/mol. The van der Waals surface area contributed by atoms with Crippen LogP contribution in [0.25, 0.3) is 0 Å². The van der Waals surface area contributed by atoms with E-state index in [4.69, 9.17) is 0 Å². The van der Waals surface area contributed by atoms with Crippen LogP contribution < -0.4 is 5.32 Å². The predicted molar refractivity (Wildman–Crippen MR) is 86.3 cm³/mol. The van der Waals surface area contributed by atoms with Crippen LogP contribution in [0.4, 0.5) is 0 Å². The van der Waals surface area contributed by atoms with Gasteiger partial charge in [-0.15, -0.1) is 0 Å². The van der Waals surface area contributed by atoms with E-state index >= 15 is 0 Å². The highest BCUT2D eigenvalue weighted by molar-refractivity contribution is 7.84. The molecule has 1 aliphatic heterocycles. The lowest BCUT2D eigenvalue weighted by molar-refractivity contribution is -0.130. The summed E-state index contributed by atoms with van der Waals surface area (Å²) in [6.07, 6.45) is 3.44. The Hall–Kier alpha value is -1.20. The predicted octanol–water partition coefficient (Wildman–Crippen LogP) is 2.05. The number of hydrogen-bond donors (Lipinski definition) is 1. The molecule has 0 bridgehead atoms. The fourth-order valence-electron chi connectivity index (χ4n) is 2.65. The highest BCUT2D eigenvalue weighted by atomic mass is 32.2. The van der Waals surface area contributed by atoms with Crippen LogP contribution in [-0.4, -0.2) is 39.2 Å². The van der Waals surface area contributed by atoms with Crippen LogP contribution in [0.3, 0.4) is 0 Å². The fourth-order valence-corrected chi connectivity index (χ4v) is 3.09. The zero-order valence-electron chi connectivity index (χ0n) is 12.9. The second-order valence-electron chi connectivity index (χ2n) is 5.56. The number of carbonyl (C=O) groups is 1. The highest BCUT2D eigenvalue weighted by Gasteiger charge is 2.38. The van der Waals surface area contributed by atoms with Gasteiger partial charge in [-0.2, -0.15) is 0 Å². The maximum absolute atomic E-state index is 12.6. The van der Waals surface area contributed by atoms with E-state index in [9.17, 15) is 9.00 Å². The Morgan fingerprint density at radius 2 is 2.00 bits per heavy atom. The maximum Gasteiger partial charge on any atom is 0.245 e. The molecular formula is C16H24N2O2S. The summed E-state index contributed by atoms with van der Waals surface area (Å²) in [5.41, 5.74) is 1.01. The Kier molecular flexibility index (Phi) is 5.53. The molecule has 0 aromatic heterocycles. The van der Waals surface area contributed by atoms with Crippen LogP contribution in [0.15, 0.2) is 30.3 Å². The first kappa shape index (κ1) is 16.2. The maximum atomic E-state index is 12.6. The SMILES string of the molecule is CCC1NC(c2ccccc2)C(=O)N1CCC(C)S(C)=O. The summed E-state index contributed by atoms with van der Waals surface area (Å²) >= 11 is 0. The van der Waals surface area contributed by atoms with Gasteiger partial charge in [-0.1, -0.05) is 44.2 Å². The first-order valence-corrected chi connectivity index (χ1v) is 9.10. The van der Waals surface area contributed by atoms with E-state index in [-0.39, 0.29) is 23.4 Å². The van der Waals surface area contributed by atoms with Gasteiger partial charge in [-0.25, -0.2) is 0 Å². The fraction of sp³-hybridized carbons (Fsp3) is 0.562. The van der Waals surface area contributed by atoms with Gasteiger partial charge in [-0.05, 0) is 18.4 Å². The van der Waals surface area contributed by atoms with Crippen molar-refractivity contribution in [1.82, 2.24) is 10.2 Å². The quantitative estimate of drug-likeness (QED) is 0.875. The minimum atomic E-state index is -0.838. The molecule has 4 nitrogen and oxygen atoms in total. The van der Waals surface area contributed by atoms with Gasteiger partial charge in [0.2, 0.25) is 5.91 Å². The Morgan fingerprint density at radius 1 is 1.33 bits per heavy atom. The van der Waals surface area contributed by atoms with Crippen molar-refractivity contribution >= 4 is 16.7 Å². The Labute approximate surface area is 129 Å². The third-order valence-electron chi connectivity index (χ3n) is 4.13. The van der Waals surface area contributed by atoms with Crippen molar-refractivity contribution in [2.75, 3.05) is 12.8 Å². The molecule has 1 aliphatic rings. The molecule has 5 heteroatoms. The van der Waals surface area contributed by atoms with E-state index in [1.54, 1.807) is 6.26 Å². The largest absolute Gasteiger partial charge is 0.325 e. The number of hydrogen-bond acceptors (Lipinski definition) is 3. The molecule has 1 saturated heterocycles. The number of rotatable bonds is 6. The van der Waals surface area contributed by atoms with Crippen molar-refractivity contribution in [3.63, 3.8) is 0 Å². The summed E-state index contributed by atoms with van der Waals surface area (Å²) in [4.78, 5) is 14.5. The Morgan fingerprint density at radius 3 is 2.57 bits per heavy atom. The van der Waals surface area contributed by atoms with Crippen molar-refractivity contribution in [2.45, 2.75) is 44.1 Å². The summed E-state index contributed by atoms with van der Waals surface area (Å²) in [7, 11) is -0.838. The van der Waals surface area contributed by atoms with Gasteiger partial charge >= 0.3 is 0 Å². The van der Waals surface area contributed by atoms with E-state index in [1.165, 1.54) is 0 Å². The molecule has 1 fully saturated rings. The van der Waals surface area contributed by atoms with Gasteiger partial charge in [0.15, 0.2) is 0 Å². The highest BCUT2D eigenvalue weighted by Crippen LogP contribution is 2.25. The Balaban J connectivity index is 2.07. The zero-order valence-corrected chi connectivity index (χ0v) is 13.7. The molecule has 1 aromatic carbocycles. The molecule has 0 aliphatic carbocycles. The smallest absolute Gasteiger partial charge is 0.245 e. The minimum Gasteiger partial charge on any atom is -0.325 e. The minimum absolute atomic E-state index is 0.0696. The molecule has 1 N–H and O–H groups in total. The van der Waals surface area contributed by atoms with Crippen LogP contribution in [0.5, 0.6) is 0 Å². The summed E-state index contributed by atoms with van der Waals surface area (Å²) in [6.45, 7) is 4.71. The molecule has 0 saturated carbocycles. The van der Waals surface area contributed by atoms with Gasteiger partial charge in [0.05, 0.1) is 6.17 Å². The average molecular weight is 308 g/mol. The Bertz CT molecular complexity index is 506. The second kappa shape index (κ2) is 7.18. The lowest BCUT2D eigenvalue weighted by atomic mass is 10.1. The van der Waals surface area contributed by atoms with Crippen molar-refractivity contribution in [3.8, 4) is 0 Å². The van der Waals surface area contributed by atoms with Crippen molar-refractivity contribution in [3.05, 3.63) is 35.9 Å². The zero-order chi connectivity index (χ0) is 15.4. The van der Waals surface area contributed by atoms with Gasteiger partial charge in [0.1, 0.15) is 6.04 Å². The van der Waals surface area contributed by atoms with Crippen LogP contribution in [-0.2, 0) is 15.6 Å². The van der Waals surface area contributed by atoms with Gasteiger partial charge < -0.3 is 4.90 Å². The molecule has 0 spiro atoms. The molecule has 4 atom stereocenters. The van der Waals surface area contributed by atoms with Crippen LogP contribution >= 0.6 is 0 Å². The van der Waals surface area contributed by atoms with E-state index in [1.807, 2.05) is 42.2 Å². The summed E-state index contributed by atoms with van der Waals surface area (Å²) in [5.74, 6) is 0.127. The third kappa shape index (κ3) is 3.71. The number of amides is 1. The van der Waals surface area contributed by atoms with Crippen molar-refractivity contribution in [2.24, 2.45) is 0 Å². The molecule has 116 valence electrons. The molecule has 1 heterocycles. The number of nitrogens with one attached hydrogen (secondary N) is 1. The molecule has 1 amide bonds. The average Bonchev–Trinajstić information content (AvgIpc) is 2.81. The standard InChI is InChI=1S/C16H24N2O2S/c1-4-14-17-15(13-8-6-5-7-9-13)16(19)18(14)11-10-12(2)21(3)20/h5-9,12,14-15,17H,4,10-11H2,1-3H3. The topological polar surface area (TPSA) is 49.4 Å². The number of nitrogens with zero attached hydrogens (tertiary/aromatic N) is 1. The van der Waals surface area contributed by atoms with Gasteiger partial charge in [-0.3, -0.25) is 14.3 Å². The van der Waals surface area contributed by atoms with Crippen LogP contribution in [0.1, 0.15) is 38.3 Å². The molecule has 2 rings (SSSR count). The molecule has 1 aromatic rings. The molecule has 21 heavy (non-hydrogen) atoms. The van der Waals surface area contributed by atoms with Crippen LogP contribution in [0.2, 0.25) is 0 Å². The van der Waals surface area contributed by atoms with Crippen molar-refractivity contribution in [1.29, 1.82) is 0 Å². The van der Waals surface area contributed by atoms with Crippen molar-refractivity contribution < 1.29 is 9.00 Å².